The maximum Gasteiger partial charge on any atom is 0.254 e. The quantitative estimate of drug-likeness (QED) is 0.323. The predicted molar refractivity (Wildman–Crippen MR) is 151 cm³/mol. The summed E-state index contributed by atoms with van der Waals surface area (Å²) in [5, 5.41) is 0. The fraction of sp³-hybridized carbons (Fsp3) is 0.281. The molecule has 186 valence electrons. The Bertz CT molecular complexity index is 1070. The van der Waals surface area contributed by atoms with Gasteiger partial charge in [0.1, 0.15) is 0 Å². The van der Waals surface area contributed by atoms with Gasteiger partial charge in [0.15, 0.2) is 0 Å². The minimum Gasteiger partial charge on any atom is -0.369 e. The molecule has 0 N–H and O–H groups in total. The second-order valence-electron chi connectivity index (χ2n) is 9.33. The first-order valence-electron chi connectivity index (χ1n) is 12.9. The highest BCUT2D eigenvalue weighted by Gasteiger charge is 2.21. The first-order chi connectivity index (χ1) is 17.7. The van der Waals surface area contributed by atoms with Gasteiger partial charge >= 0.3 is 0 Å². The lowest BCUT2D eigenvalue weighted by molar-refractivity contribution is 0.0791. The number of carbonyl (C=O) groups excluding carboxylic acids is 1. The number of hydrogen-bond donors (Lipinski definition) is 0. The Morgan fingerprint density at radius 1 is 0.806 bits per heavy atom. The molecule has 36 heavy (non-hydrogen) atoms. The van der Waals surface area contributed by atoms with E-state index in [0.717, 1.165) is 44.8 Å². The van der Waals surface area contributed by atoms with Gasteiger partial charge in [-0.05, 0) is 42.3 Å². The monoisotopic (exact) mass is 479 g/mol. The van der Waals surface area contributed by atoms with E-state index >= 15 is 0 Å². The van der Waals surface area contributed by atoms with E-state index in [1.54, 1.807) is 17.1 Å². The largest absolute Gasteiger partial charge is 0.369 e. The average Bonchev–Trinajstić information content (AvgIpc) is 2.94. The van der Waals surface area contributed by atoms with E-state index in [4.69, 9.17) is 0 Å². The number of piperazine rings is 1. The van der Waals surface area contributed by atoms with Crippen LogP contribution in [0.3, 0.4) is 0 Å². The van der Waals surface area contributed by atoms with Crippen LogP contribution in [-0.2, 0) is 0 Å². The zero-order chi connectivity index (χ0) is 25.2. The highest BCUT2D eigenvalue weighted by molar-refractivity contribution is 5.95. The van der Waals surface area contributed by atoms with Crippen LogP contribution in [0.5, 0.6) is 0 Å². The third-order valence-electron chi connectivity index (χ3n) is 6.95. The molecule has 0 aromatic heterocycles. The van der Waals surface area contributed by atoms with Crippen LogP contribution in [0.25, 0.3) is 0 Å². The third kappa shape index (κ3) is 6.52. The minimum atomic E-state index is 0.0168. The van der Waals surface area contributed by atoms with Gasteiger partial charge in [0.05, 0.1) is 0 Å². The molecular weight excluding hydrogens is 442 g/mol. The van der Waals surface area contributed by atoms with Gasteiger partial charge in [0, 0.05) is 56.4 Å². The van der Waals surface area contributed by atoms with E-state index in [1.165, 1.54) is 11.1 Å². The van der Waals surface area contributed by atoms with Crippen molar-refractivity contribution in [1.82, 2.24) is 9.80 Å². The molecule has 3 aromatic carbocycles. The topological polar surface area (TPSA) is 26.8 Å². The van der Waals surface area contributed by atoms with Crippen molar-refractivity contribution in [2.75, 3.05) is 50.7 Å². The number of rotatable bonds is 11. The lowest BCUT2D eigenvalue weighted by Crippen LogP contribution is -2.46. The van der Waals surface area contributed by atoms with Crippen molar-refractivity contribution >= 4 is 11.6 Å². The summed E-state index contributed by atoms with van der Waals surface area (Å²) in [5.41, 5.74) is 4.59. The summed E-state index contributed by atoms with van der Waals surface area (Å²) < 4.78 is 0. The molecule has 0 atom stereocenters. The second-order valence-corrected chi connectivity index (χ2v) is 9.33. The molecular formula is C32H37N3O. The van der Waals surface area contributed by atoms with Gasteiger partial charge in [-0.2, -0.15) is 0 Å². The summed E-state index contributed by atoms with van der Waals surface area (Å²) >= 11 is 0. The van der Waals surface area contributed by atoms with Gasteiger partial charge in [-0.15, -0.1) is 13.2 Å². The van der Waals surface area contributed by atoms with E-state index in [2.05, 4.69) is 89.7 Å². The predicted octanol–water partition coefficient (Wildman–Crippen LogP) is 5.85. The molecule has 3 aromatic rings. The van der Waals surface area contributed by atoms with Crippen LogP contribution in [0.1, 0.15) is 33.8 Å². The Morgan fingerprint density at radius 2 is 1.39 bits per heavy atom. The number of carbonyl (C=O) groups is 1. The van der Waals surface area contributed by atoms with Crippen molar-refractivity contribution < 1.29 is 4.79 Å². The second kappa shape index (κ2) is 12.9. The first-order valence-corrected chi connectivity index (χ1v) is 12.9. The zero-order valence-corrected chi connectivity index (χ0v) is 21.1. The summed E-state index contributed by atoms with van der Waals surface area (Å²) in [6.07, 6.45) is 4.61. The van der Waals surface area contributed by atoms with Crippen LogP contribution >= 0.6 is 0 Å². The number of amides is 1. The summed E-state index contributed by atoms with van der Waals surface area (Å²) in [6, 6.07) is 29.7. The molecule has 0 unspecified atom stereocenters. The maximum absolute atomic E-state index is 13.0. The molecule has 0 saturated carbocycles. The first kappa shape index (κ1) is 25.5. The van der Waals surface area contributed by atoms with Gasteiger partial charge in [-0.3, -0.25) is 9.69 Å². The SMILES string of the molecule is C=CCN(CC=C)C(=O)c1cccc(N2CCN(CCC(c3ccccc3)c3ccccc3)CC2)c1. The standard InChI is InChI=1S/C32H37N3O/c1-3-19-35(20-4-2)32(36)29-16-11-17-30(26-29)34-24-22-33(23-25-34)21-18-31(27-12-7-5-8-13-27)28-14-9-6-10-15-28/h3-17,26,31H,1-2,18-25H2. The molecule has 4 rings (SSSR count). The molecule has 0 spiro atoms. The molecule has 0 aliphatic carbocycles. The lowest BCUT2D eigenvalue weighted by Gasteiger charge is -2.37. The molecule has 1 fully saturated rings. The van der Waals surface area contributed by atoms with Crippen molar-refractivity contribution in [2.24, 2.45) is 0 Å². The van der Waals surface area contributed by atoms with E-state index in [0.29, 0.717) is 24.6 Å². The number of anilines is 1. The molecule has 1 amide bonds. The summed E-state index contributed by atoms with van der Waals surface area (Å²) in [7, 11) is 0. The van der Waals surface area contributed by atoms with Crippen LogP contribution in [0, 0.1) is 0 Å². The maximum atomic E-state index is 13.0. The van der Waals surface area contributed by atoms with Gasteiger partial charge in [0.25, 0.3) is 5.91 Å². The molecule has 4 nitrogen and oxygen atoms in total. The lowest BCUT2D eigenvalue weighted by atomic mass is 9.88. The smallest absolute Gasteiger partial charge is 0.254 e. The summed E-state index contributed by atoms with van der Waals surface area (Å²) in [6.45, 7) is 13.6. The molecule has 4 heteroatoms. The molecule has 1 heterocycles. The normalized spacial score (nSPS) is 14.0. The molecule has 1 aliphatic rings. The Morgan fingerprint density at radius 3 is 1.94 bits per heavy atom. The third-order valence-corrected chi connectivity index (χ3v) is 6.95. The van der Waals surface area contributed by atoms with Crippen LogP contribution in [0.4, 0.5) is 5.69 Å². The Balaban J connectivity index is 1.36. The van der Waals surface area contributed by atoms with Crippen LogP contribution < -0.4 is 4.90 Å². The minimum absolute atomic E-state index is 0.0168. The van der Waals surface area contributed by atoms with Crippen molar-refractivity contribution in [3.8, 4) is 0 Å². The van der Waals surface area contributed by atoms with Gasteiger partial charge in [0.2, 0.25) is 0 Å². The molecule has 1 saturated heterocycles. The number of nitrogens with zero attached hydrogens (tertiary/aromatic N) is 3. The van der Waals surface area contributed by atoms with E-state index in [9.17, 15) is 4.79 Å². The summed E-state index contributed by atoms with van der Waals surface area (Å²) in [4.78, 5) is 19.7. The highest BCUT2D eigenvalue weighted by atomic mass is 16.2. The molecule has 0 bridgehead atoms. The van der Waals surface area contributed by atoms with Gasteiger partial charge in [-0.1, -0.05) is 78.9 Å². The van der Waals surface area contributed by atoms with Gasteiger partial charge < -0.3 is 9.80 Å². The number of hydrogen-bond acceptors (Lipinski definition) is 3. The molecule has 0 radical (unpaired) electrons. The number of benzene rings is 3. The van der Waals surface area contributed by atoms with Crippen LogP contribution in [0.2, 0.25) is 0 Å². The van der Waals surface area contributed by atoms with E-state index < -0.39 is 0 Å². The fourth-order valence-electron chi connectivity index (χ4n) is 5.01. The van der Waals surface area contributed by atoms with Crippen molar-refractivity contribution in [3.63, 3.8) is 0 Å². The fourth-order valence-corrected chi connectivity index (χ4v) is 5.01. The zero-order valence-electron chi connectivity index (χ0n) is 21.1. The summed E-state index contributed by atoms with van der Waals surface area (Å²) in [5.74, 6) is 0.422. The van der Waals surface area contributed by atoms with Crippen LogP contribution in [-0.4, -0.2) is 61.5 Å². The van der Waals surface area contributed by atoms with E-state index in [1.807, 2.05) is 18.2 Å². The van der Waals surface area contributed by atoms with E-state index in [-0.39, 0.29) is 5.91 Å². The van der Waals surface area contributed by atoms with Crippen molar-refractivity contribution in [2.45, 2.75) is 12.3 Å². The Hall–Kier alpha value is -3.63. The Labute approximate surface area is 216 Å². The highest BCUT2D eigenvalue weighted by Crippen LogP contribution is 2.28. The molecule has 1 aliphatic heterocycles. The Kier molecular flexibility index (Phi) is 9.12. The van der Waals surface area contributed by atoms with Crippen molar-refractivity contribution in [1.29, 1.82) is 0 Å². The van der Waals surface area contributed by atoms with Crippen molar-refractivity contribution in [3.05, 3.63) is 127 Å². The van der Waals surface area contributed by atoms with Crippen LogP contribution in [0.15, 0.2) is 110 Å². The van der Waals surface area contributed by atoms with Gasteiger partial charge in [-0.25, -0.2) is 0 Å². The average molecular weight is 480 g/mol.